The fourth-order valence-corrected chi connectivity index (χ4v) is 2.88. The minimum atomic E-state index is 0.142. The van der Waals surface area contributed by atoms with Crippen LogP contribution in [0.4, 0.5) is 11.4 Å². The van der Waals surface area contributed by atoms with Crippen LogP contribution >= 0.6 is 0 Å². The van der Waals surface area contributed by atoms with Crippen molar-refractivity contribution in [2.45, 2.75) is 24.9 Å². The van der Waals surface area contributed by atoms with Crippen LogP contribution in [0.2, 0.25) is 0 Å². The summed E-state index contributed by atoms with van der Waals surface area (Å²) in [6, 6.07) is 13.0. The summed E-state index contributed by atoms with van der Waals surface area (Å²) in [5, 5.41) is 9.97. The third-order valence-corrected chi connectivity index (χ3v) is 3.86. The molecule has 1 heterocycles. The Bertz CT molecular complexity index is 527. The molecule has 0 saturated heterocycles. The van der Waals surface area contributed by atoms with Crippen LogP contribution in [0, 0.1) is 0 Å². The van der Waals surface area contributed by atoms with E-state index in [1.165, 1.54) is 41.4 Å². The predicted octanol–water partition coefficient (Wildman–Crippen LogP) is 3.56. The molecule has 1 fully saturated rings. The zero-order chi connectivity index (χ0) is 10.6. The van der Waals surface area contributed by atoms with Gasteiger partial charge < -0.3 is 10.6 Å². The second-order valence-corrected chi connectivity index (χ2v) is 4.89. The lowest BCUT2D eigenvalue weighted by atomic mass is 9.82. The van der Waals surface area contributed by atoms with Crippen molar-refractivity contribution >= 4 is 22.1 Å². The van der Waals surface area contributed by atoms with Gasteiger partial charge >= 0.3 is 0 Å². The molecule has 0 radical (unpaired) electrons. The lowest BCUT2D eigenvalue weighted by molar-refractivity contribution is 0.317. The van der Waals surface area contributed by atoms with E-state index in [1.54, 1.807) is 0 Å². The van der Waals surface area contributed by atoms with Gasteiger partial charge in [-0.05, 0) is 36.8 Å². The predicted molar refractivity (Wildman–Crippen MR) is 67.8 cm³/mol. The van der Waals surface area contributed by atoms with Crippen LogP contribution in [0.5, 0.6) is 0 Å². The molecule has 0 unspecified atom stereocenters. The quantitative estimate of drug-likeness (QED) is 0.694. The van der Waals surface area contributed by atoms with Crippen molar-refractivity contribution in [1.29, 1.82) is 0 Å². The topological polar surface area (TPSA) is 24.1 Å². The van der Waals surface area contributed by atoms with E-state index >= 15 is 0 Å². The Morgan fingerprint density at radius 1 is 0.875 bits per heavy atom. The molecule has 0 aromatic heterocycles. The third kappa shape index (κ3) is 0.967. The molecule has 0 amide bonds. The van der Waals surface area contributed by atoms with Gasteiger partial charge in [-0.2, -0.15) is 0 Å². The largest absolute Gasteiger partial charge is 0.362 e. The first kappa shape index (κ1) is 8.45. The van der Waals surface area contributed by atoms with E-state index in [2.05, 4.69) is 47.0 Å². The first-order chi connectivity index (χ1) is 7.86. The van der Waals surface area contributed by atoms with Crippen molar-refractivity contribution < 1.29 is 0 Å². The molecule has 2 N–H and O–H groups in total. The van der Waals surface area contributed by atoms with Crippen molar-refractivity contribution in [2.75, 3.05) is 10.6 Å². The Morgan fingerprint density at radius 2 is 1.50 bits per heavy atom. The standard InChI is InChI=1S/C14H14N2/c1-4-10-5-2-7-12-13(10)11(6-1)15-14(16-12)8-3-9-14/h1-2,4-7,15-16H,3,8-9H2. The van der Waals surface area contributed by atoms with E-state index in [4.69, 9.17) is 0 Å². The molecule has 2 nitrogen and oxygen atoms in total. The van der Waals surface area contributed by atoms with Gasteiger partial charge in [0.05, 0.1) is 0 Å². The van der Waals surface area contributed by atoms with E-state index in [-0.39, 0.29) is 5.66 Å². The molecule has 1 saturated carbocycles. The first-order valence-corrected chi connectivity index (χ1v) is 5.95. The number of benzene rings is 2. The molecule has 2 heteroatoms. The number of nitrogens with one attached hydrogen (secondary N) is 2. The monoisotopic (exact) mass is 210 g/mol. The van der Waals surface area contributed by atoms with Gasteiger partial charge in [-0.1, -0.05) is 24.3 Å². The summed E-state index contributed by atoms with van der Waals surface area (Å²) in [6.07, 6.45) is 3.76. The van der Waals surface area contributed by atoms with E-state index in [1.807, 2.05) is 0 Å². The van der Waals surface area contributed by atoms with Gasteiger partial charge in [-0.15, -0.1) is 0 Å². The van der Waals surface area contributed by atoms with Crippen LogP contribution < -0.4 is 10.6 Å². The summed E-state index contributed by atoms with van der Waals surface area (Å²) >= 11 is 0. The van der Waals surface area contributed by atoms with Gasteiger partial charge in [0.1, 0.15) is 5.66 Å². The lowest BCUT2D eigenvalue weighted by Crippen LogP contribution is -2.53. The highest BCUT2D eigenvalue weighted by Gasteiger charge is 2.39. The fraction of sp³-hybridized carbons (Fsp3) is 0.286. The molecule has 0 atom stereocenters. The highest BCUT2D eigenvalue weighted by molar-refractivity contribution is 6.05. The average Bonchev–Trinajstić information content (AvgIpc) is 2.27. The van der Waals surface area contributed by atoms with Crippen LogP contribution in [0.1, 0.15) is 19.3 Å². The SMILES string of the molecule is c1cc2c3c(cccc3c1)NC1(CCC1)N2. The summed E-state index contributed by atoms with van der Waals surface area (Å²) in [4.78, 5) is 0. The first-order valence-electron chi connectivity index (χ1n) is 5.95. The van der Waals surface area contributed by atoms with Gasteiger partial charge in [-0.25, -0.2) is 0 Å². The maximum atomic E-state index is 3.66. The van der Waals surface area contributed by atoms with Crippen LogP contribution in [-0.2, 0) is 0 Å². The molecule has 80 valence electrons. The van der Waals surface area contributed by atoms with Gasteiger partial charge in [0.25, 0.3) is 0 Å². The highest BCUT2D eigenvalue weighted by Crippen LogP contribution is 2.44. The Kier molecular flexibility index (Phi) is 1.43. The number of hydrogen-bond donors (Lipinski definition) is 2. The molecule has 1 spiro atoms. The number of hydrogen-bond acceptors (Lipinski definition) is 2. The van der Waals surface area contributed by atoms with Crippen LogP contribution in [0.15, 0.2) is 36.4 Å². The van der Waals surface area contributed by atoms with E-state index in [9.17, 15) is 0 Å². The summed E-state index contributed by atoms with van der Waals surface area (Å²) in [7, 11) is 0. The average molecular weight is 210 g/mol. The second kappa shape index (κ2) is 2.70. The summed E-state index contributed by atoms with van der Waals surface area (Å²) in [6.45, 7) is 0. The van der Waals surface area contributed by atoms with Gasteiger partial charge in [0.15, 0.2) is 0 Å². The molecular formula is C14H14N2. The van der Waals surface area contributed by atoms with Crippen LogP contribution in [0.3, 0.4) is 0 Å². The zero-order valence-electron chi connectivity index (χ0n) is 9.09. The molecule has 2 aliphatic rings. The minimum absolute atomic E-state index is 0.142. The molecule has 2 aromatic carbocycles. The third-order valence-electron chi connectivity index (χ3n) is 3.86. The normalized spacial score (nSPS) is 20.0. The van der Waals surface area contributed by atoms with Crippen molar-refractivity contribution in [3.63, 3.8) is 0 Å². The van der Waals surface area contributed by atoms with Crippen LogP contribution in [0.25, 0.3) is 10.8 Å². The fourth-order valence-electron chi connectivity index (χ4n) is 2.88. The second-order valence-electron chi connectivity index (χ2n) is 4.89. The maximum Gasteiger partial charge on any atom is 0.108 e. The zero-order valence-corrected chi connectivity index (χ0v) is 9.09. The van der Waals surface area contributed by atoms with Crippen molar-refractivity contribution in [3.05, 3.63) is 36.4 Å². The summed E-state index contributed by atoms with van der Waals surface area (Å²) in [5.41, 5.74) is 2.71. The summed E-state index contributed by atoms with van der Waals surface area (Å²) < 4.78 is 0. The van der Waals surface area contributed by atoms with E-state index < -0.39 is 0 Å². The Hall–Kier alpha value is -1.70. The Morgan fingerprint density at radius 3 is 2.00 bits per heavy atom. The van der Waals surface area contributed by atoms with Gasteiger partial charge in [0.2, 0.25) is 0 Å². The molecule has 2 aromatic rings. The molecule has 16 heavy (non-hydrogen) atoms. The van der Waals surface area contributed by atoms with Crippen molar-refractivity contribution in [2.24, 2.45) is 0 Å². The van der Waals surface area contributed by atoms with Crippen molar-refractivity contribution in [3.8, 4) is 0 Å². The smallest absolute Gasteiger partial charge is 0.108 e. The van der Waals surface area contributed by atoms with Crippen molar-refractivity contribution in [1.82, 2.24) is 0 Å². The molecule has 4 rings (SSSR count). The number of rotatable bonds is 0. The lowest BCUT2D eigenvalue weighted by Gasteiger charge is -2.47. The summed E-state index contributed by atoms with van der Waals surface area (Å²) in [5.74, 6) is 0. The van der Waals surface area contributed by atoms with Crippen LogP contribution in [-0.4, -0.2) is 5.66 Å². The Labute approximate surface area is 94.7 Å². The molecule has 1 aliphatic carbocycles. The maximum absolute atomic E-state index is 3.66. The van der Waals surface area contributed by atoms with Gasteiger partial charge in [0, 0.05) is 16.8 Å². The van der Waals surface area contributed by atoms with E-state index in [0.717, 1.165) is 0 Å². The molecule has 1 aliphatic heterocycles. The minimum Gasteiger partial charge on any atom is -0.362 e. The van der Waals surface area contributed by atoms with Gasteiger partial charge in [-0.3, -0.25) is 0 Å². The molecule has 0 bridgehead atoms. The van der Waals surface area contributed by atoms with E-state index in [0.29, 0.717) is 0 Å². The highest BCUT2D eigenvalue weighted by atomic mass is 15.2. The number of anilines is 2. The molecular weight excluding hydrogens is 196 g/mol. The Balaban J connectivity index is 2.00.